The predicted molar refractivity (Wildman–Crippen MR) is 88.4 cm³/mol. The van der Waals surface area contributed by atoms with E-state index in [-0.39, 0.29) is 0 Å². The molecule has 20 heavy (non-hydrogen) atoms. The van der Waals surface area contributed by atoms with Crippen molar-refractivity contribution in [2.45, 2.75) is 59.8 Å². The first-order valence-electron chi connectivity index (χ1n) is 8.20. The molecule has 1 aromatic heterocycles. The van der Waals surface area contributed by atoms with Crippen molar-refractivity contribution < 1.29 is 0 Å². The van der Waals surface area contributed by atoms with E-state index < -0.39 is 0 Å². The van der Waals surface area contributed by atoms with Crippen LogP contribution in [0.4, 0.5) is 0 Å². The molecule has 1 fully saturated rings. The number of thiazole rings is 1. The van der Waals surface area contributed by atoms with Gasteiger partial charge in [0, 0.05) is 11.3 Å². The fourth-order valence-electron chi connectivity index (χ4n) is 3.23. The highest BCUT2D eigenvalue weighted by Crippen LogP contribution is 2.33. The first-order valence-corrected chi connectivity index (χ1v) is 9.01. The van der Waals surface area contributed by atoms with Gasteiger partial charge >= 0.3 is 0 Å². The van der Waals surface area contributed by atoms with Crippen LogP contribution >= 0.6 is 11.3 Å². The van der Waals surface area contributed by atoms with Crippen molar-refractivity contribution >= 4 is 11.3 Å². The molecule has 1 N–H and O–H groups in total. The maximum atomic E-state index is 4.75. The zero-order valence-corrected chi connectivity index (χ0v) is 14.4. The predicted octanol–water partition coefficient (Wildman–Crippen LogP) is 4.35. The Morgan fingerprint density at radius 1 is 1.20 bits per heavy atom. The van der Waals surface area contributed by atoms with Crippen LogP contribution in [0.1, 0.15) is 55.1 Å². The van der Waals surface area contributed by atoms with Crippen LogP contribution < -0.4 is 5.32 Å². The third-order valence-corrected chi connectivity index (χ3v) is 5.63. The number of aromatic nitrogens is 1. The van der Waals surface area contributed by atoms with Gasteiger partial charge in [0.25, 0.3) is 0 Å². The molecule has 0 amide bonds. The quantitative estimate of drug-likeness (QED) is 0.843. The molecule has 2 atom stereocenters. The molecule has 0 aliphatic heterocycles. The molecule has 0 saturated heterocycles. The lowest BCUT2D eigenvalue weighted by atomic mass is 9.77. The molecule has 2 rings (SSSR count). The minimum absolute atomic E-state index is 0.751. The van der Waals surface area contributed by atoms with Gasteiger partial charge in [-0.05, 0) is 57.5 Å². The Morgan fingerprint density at radius 2 is 1.90 bits per heavy atom. The van der Waals surface area contributed by atoms with Crippen LogP contribution in [-0.4, -0.2) is 18.1 Å². The molecular formula is C17H30N2S. The van der Waals surface area contributed by atoms with Gasteiger partial charge in [0.05, 0.1) is 10.7 Å². The standard InChI is InChI=1S/C17H30N2S/c1-12(2)10-18-11-16-8-6-5-7-15(16)9-17-19-13(3)14(4)20-17/h12,15-16,18H,5-11H2,1-4H3. The maximum absolute atomic E-state index is 4.75. The van der Waals surface area contributed by atoms with Crippen molar-refractivity contribution in [1.82, 2.24) is 10.3 Å². The van der Waals surface area contributed by atoms with Crippen molar-refractivity contribution in [3.8, 4) is 0 Å². The maximum Gasteiger partial charge on any atom is 0.0933 e. The molecule has 0 bridgehead atoms. The van der Waals surface area contributed by atoms with E-state index in [9.17, 15) is 0 Å². The highest BCUT2D eigenvalue weighted by atomic mass is 32.1. The highest BCUT2D eigenvalue weighted by molar-refractivity contribution is 7.11. The molecule has 1 aliphatic rings. The van der Waals surface area contributed by atoms with Crippen molar-refractivity contribution in [2.24, 2.45) is 17.8 Å². The van der Waals surface area contributed by atoms with Crippen LogP contribution in [0.3, 0.4) is 0 Å². The van der Waals surface area contributed by atoms with E-state index in [2.05, 4.69) is 33.0 Å². The summed E-state index contributed by atoms with van der Waals surface area (Å²) >= 11 is 1.91. The van der Waals surface area contributed by atoms with Crippen LogP contribution in [0.25, 0.3) is 0 Å². The topological polar surface area (TPSA) is 24.9 Å². The summed E-state index contributed by atoms with van der Waals surface area (Å²) in [6.07, 6.45) is 6.83. The van der Waals surface area contributed by atoms with Crippen molar-refractivity contribution in [3.05, 3.63) is 15.6 Å². The monoisotopic (exact) mass is 294 g/mol. The van der Waals surface area contributed by atoms with Gasteiger partial charge in [-0.15, -0.1) is 11.3 Å². The molecule has 1 aliphatic carbocycles. The van der Waals surface area contributed by atoms with Gasteiger partial charge in [-0.1, -0.05) is 26.7 Å². The van der Waals surface area contributed by atoms with E-state index in [1.165, 1.54) is 54.2 Å². The third kappa shape index (κ3) is 4.56. The van der Waals surface area contributed by atoms with Gasteiger partial charge < -0.3 is 5.32 Å². The summed E-state index contributed by atoms with van der Waals surface area (Å²) in [5, 5.41) is 5.03. The molecule has 2 nitrogen and oxygen atoms in total. The van der Waals surface area contributed by atoms with Gasteiger partial charge in [0.15, 0.2) is 0 Å². The number of nitrogens with one attached hydrogen (secondary N) is 1. The molecule has 1 saturated carbocycles. The summed E-state index contributed by atoms with van der Waals surface area (Å²) < 4.78 is 0. The number of rotatable bonds is 6. The Bertz CT molecular complexity index is 392. The molecule has 0 spiro atoms. The number of aryl methyl sites for hydroxylation is 2. The lowest BCUT2D eigenvalue weighted by Crippen LogP contribution is -2.33. The lowest BCUT2D eigenvalue weighted by molar-refractivity contribution is 0.226. The minimum Gasteiger partial charge on any atom is -0.316 e. The lowest BCUT2D eigenvalue weighted by Gasteiger charge is -2.31. The first-order chi connectivity index (χ1) is 9.56. The third-order valence-electron chi connectivity index (χ3n) is 4.54. The molecule has 3 heteroatoms. The Balaban J connectivity index is 1.89. The SMILES string of the molecule is Cc1nc(CC2CCCCC2CNCC(C)C)sc1C. The zero-order chi connectivity index (χ0) is 14.5. The van der Waals surface area contributed by atoms with E-state index in [1.54, 1.807) is 0 Å². The molecule has 0 aromatic carbocycles. The number of nitrogens with zero attached hydrogens (tertiary/aromatic N) is 1. The molecule has 1 heterocycles. The highest BCUT2D eigenvalue weighted by Gasteiger charge is 2.26. The second-order valence-corrected chi connectivity index (χ2v) is 8.10. The van der Waals surface area contributed by atoms with E-state index >= 15 is 0 Å². The van der Waals surface area contributed by atoms with Gasteiger partial charge in [0.2, 0.25) is 0 Å². The Morgan fingerprint density at radius 3 is 2.50 bits per heavy atom. The summed E-state index contributed by atoms with van der Waals surface area (Å²) in [6, 6.07) is 0. The van der Waals surface area contributed by atoms with Gasteiger partial charge in [0.1, 0.15) is 0 Å². The largest absolute Gasteiger partial charge is 0.316 e. The summed E-state index contributed by atoms with van der Waals surface area (Å²) in [5.74, 6) is 2.45. The summed E-state index contributed by atoms with van der Waals surface area (Å²) in [5.41, 5.74) is 1.23. The van der Waals surface area contributed by atoms with Gasteiger partial charge in [-0.3, -0.25) is 0 Å². The second-order valence-electron chi connectivity index (χ2n) is 6.81. The summed E-state index contributed by atoms with van der Waals surface area (Å²) in [4.78, 5) is 6.14. The zero-order valence-electron chi connectivity index (χ0n) is 13.5. The number of hydrogen-bond donors (Lipinski definition) is 1. The fraction of sp³-hybridized carbons (Fsp3) is 0.824. The van der Waals surface area contributed by atoms with Gasteiger partial charge in [-0.25, -0.2) is 4.98 Å². The minimum atomic E-state index is 0.751. The Hall–Kier alpha value is -0.410. The van der Waals surface area contributed by atoms with E-state index in [0.29, 0.717) is 0 Å². The molecule has 0 radical (unpaired) electrons. The van der Waals surface area contributed by atoms with E-state index in [4.69, 9.17) is 4.98 Å². The summed E-state index contributed by atoms with van der Waals surface area (Å²) in [7, 11) is 0. The number of hydrogen-bond acceptors (Lipinski definition) is 3. The molecule has 114 valence electrons. The Kier molecular flexibility index (Phi) is 6.03. The van der Waals surface area contributed by atoms with Gasteiger partial charge in [-0.2, -0.15) is 0 Å². The van der Waals surface area contributed by atoms with E-state index in [1.807, 2.05) is 11.3 Å². The van der Waals surface area contributed by atoms with E-state index in [0.717, 1.165) is 24.3 Å². The smallest absolute Gasteiger partial charge is 0.0933 e. The van der Waals surface area contributed by atoms with Crippen LogP contribution in [0.15, 0.2) is 0 Å². The fourth-order valence-corrected chi connectivity index (χ4v) is 4.26. The summed E-state index contributed by atoms with van der Waals surface area (Å²) in [6.45, 7) is 11.3. The van der Waals surface area contributed by atoms with Crippen LogP contribution in [-0.2, 0) is 6.42 Å². The van der Waals surface area contributed by atoms with Crippen LogP contribution in [0.2, 0.25) is 0 Å². The average Bonchev–Trinajstić information content (AvgIpc) is 2.70. The Labute approximate surface area is 128 Å². The molecular weight excluding hydrogens is 264 g/mol. The van der Waals surface area contributed by atoms with Crippen LogP contribution in [0.5, 0.6) is 0 Å². The average molecular weight is 295 g/mol. The van der Waals surface area contributed by atoms with Crippen molar-refractivity contribution in [2.75, 3.05) is 13.1 Å². The molecule has 1 aromatic rings. The van der Waals surface area contributed by atoms with Crippen molar-refractivity contribution in [1.29, 1.82) is 0 Å². The second kappa shape index (κ2) is 7.56. The first kappa shape index (κ1) is 16.0. The normalized spacial score (nSPS) is 23.4. The van der Waals surface area contributed by atoms with Crippen LogP contribution in [0, 0.1) is 31.6 Å². The molecule has 2 unspecified atom stereocenters. The van der Waals surface area contributed by atoms with Crippen molar-refractivity contribution in [3.63, 3.8) is 0 Å².